The van der Waals surface area contributed by atoms with Gasteiger partial charge in [-0.2, -0.15) is 0 Å². The summed E-state index contributed by atoms with van der Waals surface area (Å²) in [4.78, 5) is 27.9. The number of benzene rings is 3. The second-order valence-electron chi connectivity index (χ2n) is 9.96. The Hall–Kier alpha value is -3.38. The quantitative estimate of drug-likeness (QED) is 0.577. The van der Waals surface area contributed by atoms with E-state index < -0.39 is 11.4 Å². The highest BCUT2D eigenvalue weighted by Crippen LogP contribution is 2.32. The predicted molar refractivity (Wildman–Crippen MR) is 134 cm³/mol. The molecule has 6 heteroatoms. The number of carboxylic acid groups (broad SMARTS) is 1. The number of aliphatic carboxylic acids is 1. The fraction of sp³-hybridized carbons (Fsp3) is 0.357. The standard InChI is InChI=1S/C28H31N3O3/c1-19(24-9-5-7-20-6-3-4-8-25(20)24)29-22-14-15-30(16-22)23-12-10-21(11-13-23)26(32)31-17-28(2,18-31)27(33)34/h3-13,19,22,29H,14-18H2,1-2H3,(H,33,34)/t19-,22+/m1/s1. The molecule has 3 aromatic rings. The Morgan fingerprint density at radius 2 is 1.74 bits per heavy atom. The van der Waals surface area contributed by atoms with Crippen molar-refractivity contribution in [2.24, 2.45) is 5.41 Å². The number of carbonyl (C=O) groups excluding carboxylic acids is 1. The summed E-state index contributed by atoms with van der Waals surface area (Å²) >= 11 is 0. The molecule has 176 valence electrons. The van der Waals surface area contributed by atoms with Crippen molar-refractivity contribution < 1.29 is 14.7 Å². The van der Waals surface area contributed by atoms with Gasteiger partial charge < -0.3 is 20.2 Å². The minimum Gasteiger partial charge on any atom is -0.481 e. The zero-order valence-corrected chi connectivity index (χ0v) is 19.7. The Balaban J connectivity index is 1.19. The maximum Gasteiger partial charge on any atom is 0.312 e. The third-order valence-electron chi connectivity index (χ3n) is 7.33. The van der Waals surface area contributed by atoms with Gasteiger partial charge in [-0.15, -0.1) is 0 Å². The van der Waals surface area contributed by atoms with Gasteiger partial charge in [0.15, 0.2) is 0 Å². The third kappa shape index (κ3) is 4.14. The van der Waals surface area contributed by atoms with Crippen LogP contribution in [-0.4, -0.2) is 54.1 Å². The van der Waals surface area contributed by atoms with Crippen LogP contribution in [0.15, 0.2) is 66.7 Å². The van der Waals surface area contributed by atoms with Crippen LogP contribution < -0.4 is 10.2 Å². The van der Waals surface area contributed by atoms with Crippen LogP contribution in [0.3, 0.4) is 0 Å². The second-order valence-corrected chi connectivity index (χ2v) is 9.96. The second kappa shape index (κ2) is 8.76. The molecular formula is C28H31N3O3. The van der Waals surface area contributed by atoms with Gasteiger partial charge in [0.1, 0.15) is 5.41 Å². The van der Waals surface area contributed by atoms with Crippen LogP contribution >= 0.6 is 0 Å². The molecule has 0 bridgehead atoms. The van der Waals surface area contributed by atoms with Crippen LogP contribution in [-0.2, 0) is 4.79 Å². The fourth-order valence-corrected chi connectivity index (χ4v) is 5.27. The van der Waals surface area contributed by atoms with Crippen molar-refractivity contribution >= 4 is 28.3 Å². The lowest BCUT2D eigenvalue weighted by molar-refractivity contribution is -0.155. The van der Waals surface area contributed by atoms with Gasteiger partial charge in [-0.1, -0.05) is 42.5 Å². The molecule has 0 radical (unpaired) electrons. The minimum absolute atomic E-state index is 0.102. The van der Waals surface area contributed by atoms with Gasteiger partial charge in [0.2, 0.25) is 0 Å². The number of rotatable bonds is 6. The highest BCUT2D eigenvalue weighted by Gasteiger charge is 2.47. The Morgan fingerprint density at radius 1 is 1.03 bits per heavy atom. The van der Waals surface area contributed by atoms with Gasteiger partial charge in [0.05, 0.1) is 0 Å². The average molecular weight is 458 g/mol. The highest BCUT2D eigenvalue weighted by molar-refractivity contribution is 5.96. The summed E-state index contributed by atoms with van der Waals surface area (Å²) in [5.74, 6) is -0.950. The van der Waals surface area contributed by atoms with Crippen molar-refractivity contribution in [1.82, 2.24) is 10.2 Å². The van der Waals surface area contributed by atoms with Crippen molar-refractivity contribution in [3.8, 4) is 0 Å². The van der Waals surface area contributed by atoms with Gasteiger partial charge in [-0.25, -0.2) is 0 Å². The van der Waals surface area contributed by atoms with Gasteiger partial charge in [-0.05, 0) is 60.9 Å². The number of fused-ring (bicyclic) bond motifs is 1. The summed E-state index contributed by atoms with van der Waals surface area (Å²) in [7, 11) is 0. The van der Waals surface area contributed by atoms with Crippen molar-refractivity contribution in [3.63, 3.8) is 0 Å². The number of amides is 1. The van der Waals surface area contributed by atoms with E-state index in [-0.39, 0.29) is 25.0 Å². The molecule has 0 spiro atoms. The normalized spacial score (nSPS) is 20.2. The molecule has 0 aromatic heterocycles. The zero-order valence-electron chi connectivity index (χ0n) is 19.7. The highest BCUT2D eigenvalue weighted by atomic mass is 16.4. The molecule has 2 heterocycles. The van der Waals surface area contributed by atoms with E-state index in [1.807, 2.05) is 24.3 Å². The Bertz CT molecular complexity index is 1210. The third-order valence-corrected chi connectivity index (χ3v) is 7.33. The number of carboxylic acids is 1. The van der Waals surface area contributed by atoms with Crippen molar-refractivity contribution in [1.29, 1.82) is 0 Å². The maximum atomic E-state index is 12.7. The lowest BCUT2D eigenvalue weighted by Gasteiger charge is -2.44. The van der Waals surface area contributed by atoms with E-state index in [0.717, 1.165) is 25.2 Å². The lowest BCUT2D eigenvalue weighted by Crippen LogP contribution is -2.60. The van der Waals surface area contributed by atoms with Crippen LogP contribution in [0.5, 0.6) is 0 Å². The summed E-state index contributed by atoms with van der Waals surface area (Å²) in [6, 6.07) is 23.4. The average Bonchev–Trinajstić information content (AvgIpc) is 3.29. The number of hydrogen-bond acceptors (Lipinski definition) is 4. The van der Waals surface area contributed by atoms with E-state index >= 15 is 0 Å². The first kappa shape index (κ1) is 22.4. The first-order valence-electron chi connectivity index (χ1n) is 12.0. The molecule has 2 saturated heterocycles. The topological polar surface area (TPSA) is 72.9 Å². The monoisotopic (exact) mass is 457 g/mol. The largest absolute Gasteiger partial charge is 0.481 e. The first-order valence-corrected chi connectivity index (χ1v) is 12.0. The molecule has 2 aliphatic heterocycles. The van der Waals surface area contributed by atoms with E-state index in [1.54, 1.807) is 11.8 Å². The summed E-state index contributed by atoms with van der Waals surface area (Å²) in [6.07, 6.45) is 1.07. The number of hydrogen-bond donors (Lipinski definition) is 2. The molecular weight excluding hydrogens is 426 g/mol. The van der Waals surface area contributed by atoms with Gasteiger partial charge in [0, 0.05) is 49.5 Å². The van der Waals surface area contributed by atoms with Crippen LogP contribution in [0, 0.1) is 5.41 Å². The number of carbonyl (C=O) groups is 2. The number of anilines is 1. The van der Waals surface area contributed by atoms with Gasteiger partial charge in [-0.3, -0.25) is 9.59 Å². The molecule has 0 unspecified atom stereocenters. The molecule has 3 aromatic carbocycles. The molecule has 2 aliphatic rings. The van der Waals surface area contributed by atoms with Crippen LogP contribution in [0.25, 0.3) is 10.8 Å². The molecule has 2 N–H and O–H groups in total. The maximum absolute atomic E-state index is 12.7. The van der Waals surface area contributed by atoms with Gasteiger partial charge in [0.25, 0.3) is 5.91 Å². The van der Waals surface area contributed by atoms with Crippen molar-refractivity contribution in [3.05, 3.63) is 77.9 Å². The number of nitrogens with zero attached hydrogens (tertiary/aromatic N) is 2. The molecule has 6 nitrogen and oxygen atoms in total. The summed E-state index contributed by atoms with van der Waals surface area (Å²) in [6.45, 7) is 6.33. The molecule has 0 saturated carbocycles. The molecule has 1 amide bonds. The Morgan fingerprint density at radius 3 is 2.47 bits per heavy atom. The molecule has 0 aliphatic carbocycles. The van der Waals surface area contributed by atoms with Crippen LogP contribution in [0.4, 0.5) is 5.69 Å². The van der Waals surface area contributed by atoms with E-state index in [0.29, 0.717) is 11.6 Å². The minimum atomic E-state index is -0.848. The Labute approximate surface area is 200 Å². The van der Waals surface area contributed by atoms with Crippen molar-refractivity contribution in [2.75, 3.05) is 31.1 Å². The van der Waals surface area contributed by atoms with Crippen LogP contribution in [0.2, 0.25) is 0 Å². The summed E-state index contributed by atoms with van der Waals surface area (Å²) in [5, 5.41) is 15.6. The molecule has 34 heavy (non-hydrogen) atoms. The Kier molecular flexibility index (Phi) is 5.78. The number of nitrogens with one attached hydrogen (secondary N) is 1. The van der Waals surface area contributed by atoms with Gasteiger partial charge >= 0.3 is 5.97 Å². The number of likely N-dealkylation sites (tertiary alicyclic amines) is 1. The van der Waals surface area contributed by atoms with Crippen LogP contribution in [0.1, 0.15) is 42.2 Å². The van der Waals surface area contributed by atoms with E-state index in [2.05, 4.69) is 59.6 Å². The summed E-state index contributed by atoms with van der Waals surface area (Å²) in [5.41, 5.74) is 2.22. The first-order chi connectivity index (χ1) is 16.3. The predicted octanol–water partition coefficient (Wildman–Crippen LogP) is 4.32. The molecule has 5 rings (SSSR count). The smallest absolute Gasteiger partial charge is 0.312 e. The molecule has 2 fully saturated rings. The fourth-order valence-electron chi connectivity index (χ4n) is 5.27. The lowest BCUT2D eigenvalue weighted by atomic mass is 9.81. The van der Waals surface area contributed by atoms with E-state index in [4.69, 9.17) is 0 Å². The zero-order chi connectivity index (χ0) is 23.9. The molecule has 2 atom stereocenters. The SMILES string of the molecule is C[C@@H](N[C@H]1CCN(c2ccc(C(=O)N3CC(C)(C(=O)O)C3)cc2)C1)c1cccc2ccccc12. The van der Waals surface area contributed by atoms with E-state index in [1.165, 1.54) is 16.3 Å². The van der Waals surface area contributed by atoms with E-state index in [9.17, 15) is 14.7 Å². The van der Waals surface area contributed by atoms with Crippen molar-refractivity contribution in [2.45, 2.75) is 32.4 Å². The summed E-state index contributed by atoms with van der Waals surface area (Å²) < 4.78 is 0.